The third kappa shape index (κ3) is 8.43. The number of hydrogen-bond acceptors (Lipinski definition) is 6. The van der Waals surface area contributed by atoms with Gasteiger partial charge in [-0.15, -0.1) is 0 Å². The summed E-state index contributed by atoms with van der Waals surface area (Å²) in [6.07, 6.45) is 2.05. The van der Waals surface area contributed by atoms with Gasteiger partial charge in [0.2, 0.25) is 17.7 Å². The maximum absolute atomic E-state index is 13.4. The molecular formula is C32H35N5O6. The SMILES string of the molecule is CC(NC(=O)C(Cc1ccc(O)cc1)NC(=O)C(N)Cc1ccccc1)C(=O)NC(Cc1c[nH]c2ccccc12)C(=O)O. The van der Waals surface area contributed by atoms with E-state index in [9.17, 15) is 29.4 Å². The predicted octanol–water partition coefficient (Wildman–Crippen LogP) is 1.79. The van der Waals surface area contributed by atoms with E-state index in [2.05, 4.69) is 20.9 Å². The van der Waals surface area contributed by atoms with Gasteiger partial charge in [-0.1, -0.05) is 60.7 Å². The molecule has 3 aromatic carbocycles. The molecule has 1 heterocycles. The Labute approximate surface area is 248 Å². The number of fused-ring (bicyclic) bond motifs is 1. The van der Waals surface area contributed by atoms with E-state index < -0.39 is 47.9 Å². The summed E-state index contributed by atoms with van der Waals surface area (Å²) >= 11 is 0. The van der Waals surface area contributed by atoms with Gasteiger partial charge in [-0.05, 0) is 48.2 Å². The van der Waals surface area contributed by atoms with E-state index in [4.69, 9.17) is 5.73 Å². The molecule has 4 rings (SSSR count). The summed E-state index contributed by atoms with van der Waals surface area (Å²) < 4.78 is 0. The quantitative estimate of drug-likeness (QED) is 0.125. The molecule has 11 heteroatoms. The molecule has 4 aromatic rings. The summed E-state index contributed by atoms with van der Waals surface area (Å²) in [5, 5.41) is 28.0. The summed E-state index contributed by atoms with van der Waals surface area (Å²) in [6, 6.07) is 18.4. The molecule has 0 aliphatic rings. The zero-order valence-electron chi connectivity index (χ0n) is 23.6. The van der Waals surface area contributed by atoms with Crippen molar-refractivity contribution >= 4 is 34.6 Å². The summed E-state index contributed by atoms with van der Waals surface area (Å²) in [5.41, 5.74) is 9.21. The number of amides is 3. The molecule has 0 saturated heterocycles. The highest BCUT2D eigenvalue weighted by molar-refractivity contribution is 5.94. The van der Waals surface area contributed by atoms with E-state index in [0.29, 0.717) is 5.56 Å². The molecule has 4 unspecified atom stereocenters. The maximum atomic E-state index is 13.4. The van der Waals surface area contributed by atoms with Crippen molar-refractivity contribution in [1.29, 1.82) is 0 Å². The van der Waals surface area contributed by atoms with Gasteiger partial charge >= 0.3 is 5.97 Å². The first-order chi connectivity index (χ1) is 20.6. The Hall–Kier alpha value is -5.16. The largest absolute Gasteiger partial charge is 0.508 e. The van der Waals surface area contributed by atoms with Crippen LogP contribution in [-0.4, -0.2) is 63.1 Å². The average Bonchev–Trinajstić information content (AvgIpc) is 3.40. The number of aliphatic carboxylic acids is 1. The third-order valence-corrected chi connectivity index (χ3v) is 7.11. The number of carbonyl (C=O) groups is 4. The van der Waals surface area contributed by atoms with Crippen molar-refractivity contribution < 1.29 is 29.4 Å². The molecule has 0 fully saturated rings. The second kappa shape index (κ2) is 14.1. The lowest BCUT2D eigenvalue weighted by molar-refractivity contribution is -0.142. The lowest BCUT2D eigenvalue weighted by Crippen LogP contribution is -2.57. The third-order valence-electron chi connectivity index (χ3n) is 7.11. The summed E-state index contributed by atoms with van der Waals surface area (Å²) in [7, 11) is 0. The van der Waals surface area contributed by atoms with Gasteiger partial charge < -0.3 is 36.9 Å². The van der Waals surface area contributed by atoms with Crippen molar-refractivity contribution in [2.75, 3.05) is 0 Å². The highest BCUT2D eigenvalue weighted by atomic mass is 16.4. The summed E-state index contributed by atoms with van der Waals surface area (Å²) in [4.78, 5) is 54.4. The molecule has 0 spiro atoms. The summed E-state index contributed by atoms with van der Waals surface area (Å²) in [6.45, 7) is 1.43. The number of carbonyl (C=O) groups excluding carboxylic acids is 3. The van der Waals surface area contributed by atoms with Crippen molar-refractivity contribution in [2.24, 2.45) is 5.73 Å². The van der Waals surface area contributed by atoms with Gasteiger partial charge in [0.25, 0.3) is 0 Å². The lowest BCUT2D eigenvalue weighted by atomic mass is 10.0. The molecule has 0 radical (unpaired) electrons. The smallest absolute Gasteiger partial charge is 0.326 e. The standard InChI is InChI=1S/C32H35N5O6/c1-19(29(39)37-28(32(42)43)17-22-18-34-26-10-6-5-9-24(22)26)35-31(41)27(16-21-11-13-23(38)14-12-21)36-30(40)25(33)15-20-7-3-2-4-8-20/h2-14,18-19,25,27-28,34,38H,15-17,33H2,1H3,(H,35,41)(H,36,40)(H,37,39)(H,42,43). The fourth-order valence-electron chi connectivity index (χ4n) is 4.71. The van der Waals surface area contributed by atoms with Crippen LogP contribution in [0.15, 0.2) is 85.1 Å². The zero-order valence-corrected chi connectivity index (χ0v) is 23.6. The number of hydrogen-bond donors (Lipinski definition) is 7. The lowest BCUT2D eigenvalue weighted by Gasteiger charge is -2.24. The first-order valence-corrected chi connectivity index (χ1v) is 13.9. The van der Waals surface area contributed by atoms with E-state index >= 15 is 0 Å². The van der Waals surface area contributed by atoms with E-state index in [1.54, 1.807) is 18.3 Å². The number of rotatable bonds is 13. The van der Waals surface area contributed by atoms with Gasteiger partial charge in [0.1, 0.15) is 23.9 Å². The van der Waals surface area contributed by atoms with Gasteiger partial charge in [-0.2, -0.15) is 0 Å². The van der Waals surface area contributed by atoms with Gasteiger partial charge in [0.15, 0.2) is 0 Å². The molecule has 43 heavy (non-hydrogen) atoms. The number of aromatic nitrogens is 1. The van der Waals surface area contributed by atoms with Gasteiger partial charge in [-0.25, -0.2) is 4.79 Å². The van der Waals surface area contributed by atoms with Gasteiger partial charge in [-0.3, -0.25) is 14.4 Å². The van der Waals surface area contributed by atoms with Crippen molar-refractivity contribution in [3.05, 3.63) is 102 Å². The van der Waals surface area contributed by atoms with Crippen LogP contribution < -0.4 is 21.7 Å². The van der Waals surface area contributed by atoms with Crippen molar-refractivity contribution in [1.82, 2.24) is 20.9 Å². The number of nitrogens with one attached hydrogen (secondary N) is 4. The molecule has 224 valence electrons. The molecule has 8 N–H and O–H groups in total. The second-order valence-electron chi connectivity index (χ2n) is 10.4. The first kappa shape index (κ1) is 30.8. The van der Waals surface area contributed by atoms with Crippen LogP contribution in [0.5, 0.6) is 5.75 Å². The van der Waals surface area contributed by atoms with Crippen molar-refractivity contribution in [2.45, 2.75) is 50.4 Å². The average molecular weight is 586 g/mol. The number of phenols is 1. The number of para-hydroxylation sites is 1. The number of carboxylic acids is 1. The zero-order chi connectivity index (χ0) is 30.9. The minimum absolute atomic E-state index is 0.0323. The molecular weight excluding hydrogens is 550 g/mol. The first-order valence-electron chi connectivity index (χ1n) is 13.9. The highest BCUT2D eigenvalue weighted by Gasteiger charge is 2.29. The van der Waals surface area contributed by atoms with E-state index in [1.807, 2.05) is 54.6 Å². The molecule has 0 aliphatic heterocycles. The van der Waals surface area contributed by atoms with E-state index in [0.717, 1.165) is 22.0 Å². The van der Waals surface area contributed by atoms with Crippen LogP contribution in [0.25, 0.3) is 10.9 Å². The van der Waals surface area contributed by atoms with E-state index in [-0.39, 0.29) is 25.0 Å². The Kier molecular flexibility index (Phi) is 10.1. The van der Waals surface area contributed by atoms with Crippen molar-refractivity contribution in [3.8, 4) is 5.75 Å². The minimum atomic E-state index is -1.24. The second-order valence-corrected chi connectivity index (χ2v) is 10.4. The number of benzene rings is 3. The van der Waals surface area contributed by atoms with Crippen molar-refractivity contribution in [3.63, 3.8) is 0 Å². The van der Waals surface area contributed by atoms with Gasteiger partial charge in [0, 0.05) is 29.9 Å². The molecule has 0 bridgehead atoms. The molecule has 1 aromatic heterocycles. The Balaban J connectivity index is 1.42. The monoisotopic (exact) mass is 585 g/mol. The predicted molar refractivity (Wildman–Crippen MR) is 161 cm³/mol. The molecule has 3 amide bonds. The van der Waals surface area contributed by atoms with Crippen LogP contribution in [0.2, 0.25) is 0 Å². The van der Waals surface area contributed by atoms with Crippen LogP contribution in [0.3, 0.4) is 0 Å². The number of carboxylic acid groups (broad SMARTS) is 1. The Morgan fingerprint density at radius 1 is 0.744 bits per heavy atom. The van der Waals surface area contributed by atoms with Crippen LogP contribution in [0, 0.1) is 0 Å². The van der Waals surface area contributed by atoms with Crippen LogP contribution in [0.1, 0.15) is 23.6 Å². The van der Waals surface area contributed by atoms with Crippen LogP contribution >= 0.6 is 0 Å². The highest BCUT2D eigenvalue weighted by Crippen LogP contribution is 2.19. The Bertz CT molecular complexity index is 1570. The molecule has 0 aliphatic carbocycles. The van der Waals surface area contributed by atoms with Crippen LogP contribution in [-0.2, 0) is 38.4 Å². The Morgan fingerprint density at radius 2 is 1.37 bits per heavy atom. The number of phenolic OH excluding ortho intramolecular Hbond substituents is 1. The number of aromatic amines is 1. The summed E-state index contributed by atoms with van der Waals surface area (Å²) in [5.74, 6) is -3.08. The number of H-pyrrole nitrogens is 1. The number of nitrogens with two attached hydrogens (primary N) is 1. The topological polar surface area (TPSA) is 187 Å². The minimum Gasteiger partial charge on any atom is -0.508 e. The van der Waals surface area contributed by atoms with E-state index in [1.165, 1.54) is 19.1 Å². The van der Waals surface area contributed by atoms with Gasteiger partial charge in [0.05, 0.1) is 6.04 Å². The fraction of sp³-hybridized carbons (Fsp3) is 0.250. The van der Waals surface area contributed by atoms with Crippen LogP contribution in [0.4, 0.5) is 0 Å². The fourth-order valence-corrected chi connectivity index (χ4v) is 4.71. The Morgan fingerprint density at radius 3 is 2.07 bits per heavy atom. The molecule has 0 saturated carbocycles. The molecule has 4 atom stereocenters. The maximum Gasteiger partial charge on any atom is 0.326 e. The molecule has 11 nitrogen and oxygen atoms in total. The normalized spacial score (nSPS) is 13.8. The number of aromatic hydroxyl groups is 1.